The standard InChI is InChI=1S/C57H36N4O.C51H32N4O/c1-5-15-37(16-6-1)40-21-13-22-43(33-40)56-58-55(39-19-9-3-10-20-39)59-57(60-56)44-27-30-47-53(36-44)62-52-26-14-25-46(54(47)52)42-29-32-51-49(35-42)48-34-41(38-17-7-2-8-18-38)28-31-50(48)61(51)45-23-11-4-12-24-45;1-5-14-33(15-6-1)36-25-28-44-42(30-36)43-31-37(26-29-45(43)55(44)39-20-11-4-12-21-39)40-22-13-23-46-48(40)41-27-24-38(32-47(41)56-46)51-53-49(34-16-7-2-8-17-34)52-50(54-51)35-18-9-3-10-19-35/h1-36H;1-32H. The molecule has 0 amide bonds. The topological polar surface area (TPSA) is 113 Å². The third kappa shape index (κ3) is 12.5. The smallest absolute Gasteiger partial charge is 0.164 e. The van der Waals surface area contributed by atoms with Crippen molar-refractivity contribution in [2.75, 3.05) is 0 Å². The van der Waals surface area contributed by atoms with E-state index in [2.05, 4.69) is 325 Å². The second kappa shape index (κ2) is 29.2. The largest absolute Gasteiger partial charge is 0.456 e. The van der Waals surface area contributed by atoms with E-state index in [-0.39, 0.29) is 0 Å². The summed E-state index contributed by atoms with van der Waals surface area (Å²) in [5.74, 6) is 3.65. The Balaban J connectivity index is 0.000000143. The van der Waals surface area contributed by atoms with E-state index in [0.717, 1.165) is 133 Å². The average molecular weight is 1510 g/mol. The Hall–Kier alpha value is -16.0. The van der Waals surface area contributed by atoms with E-state index in [0.29, 0.717) is 34.9 Å². The van der Waals surface area contributed by atoms with Crippen molar-refractivity contribution in [1.29, 1.82) is 0 Å². The summed E-state index contributed by atoms with van der Waals surface area (Å²) in [6.07, 6.45) is 0. The molecule has 17 aromatic carbocycles. The third-order valence-corrected chi connectivity index (χ3v) is 22.5. The number of hydrogen-bond donors (Lipinski definition) is 0. The first kappa shape index (κ1) is 68.7. The van der Waals surface area contributed by atoms with Gasteiger partial charge in [0.1, 0.15) is 22.3 Å². The van der Waals surface area contributed by atoms with Crippen molar-refractivity contribution in [3.63, 3.8) is 0 Å². The van der Waals surface area contributed by atoms with Crippen LogP contribution >= 0.6 is 0 Å². The fourth-order valence-corrected chi connectivity index (χ4v) is 16.9. The fourth-order valence-electron chi connectivity index (χ4n) is 16.9. The molecule has 0 aliphatic rings. The zero-order chi connectivity index (χ0) is 78.0. The molecule has 10 heteroatoms. The van der Waals surface area contributed by atoms with Gasteiger partial charge >= 0.3 is 0 Å². The Bertz CT molecular complexity index is 7710. The quantitative estimate of drug-likeness (QED) is 0.112. The van der Waals surface area contributed by atoms with Crippen molar-refractivity contribution in [3.8, 4) is 135 Å². The lowest BCUT2D eigenvalue weighted by atomic mass is 9.97. The molecule has 0 N–H and O–H groups in total. The van der Waals surface area contributed by atoms with Crippen molar-refractivity contribution >= 4 is 87.5 Å². The number of fused-ring (bicyclic) bond motifs is 12. The zero-order valence-electron chi connectivity index (χ0n) is 63.7. The fraction of sp³-hybridized carbons (Fsp3) is 0. The molecule has 0 saturated carbocycles. The Morgan fingerprint density at radius 3 is 0.763 bits per heavy atom. The van der Waals surface area contributed by atoms with Crippen LogP contribution in [0, 0.1) is 0 Å². The average Bonchev–Trinajstić information content (AvgIpc) is 1.58. The molecule has 0 aliphatic heterocycles. The zero-order valence-corrected chi connectivity index (χ0v) is 63.7. The van der Waals surface area contributed by atoms with Crippen molar-refractivity contribution in [2.24, 2.45) is 0 Å². The maximum atomic E-state index is 6.68. The lowest BCUT2D eigenvalue weighted by Gasteiger charge is -2.10. The first-order valence-electron chi connectivity index (χ1n) is 39.6. The highest BCUT2D eigenvalue weighted by atomic mass is 16.3. The number of rotatable bonds is 13. The lowest BCUT2D eigenvalue weighted by Crippen LogP contribution is -2.00. The molecule has 0 saturated heterocycles. The SMILES string of the molecule is c1ccc(-c2ccc3c(c2)c2cc(-c4cccc5oc6cc(-c7nc(-c8ccccc8)nc(-c8ccccc8)n7)ccc6c45)ccc2n3-c2ccccc2)cc1.c1ccc(-c2cccc(-c3nc(-c4ccccc4)nc(-c4ccc5c(c4)oc4cccc(-c6ccc7c(c6)c6cc(-c8ccccc8)ccc6n7-c6ccccc6)c45)n3)c2)cc1. The van der Waals surface area contributed by atoms with E-state index >= 15 is 0 Å². The minimum absolute atomic E-state index is 0.580. The molecule has 0 unspecified atom stereocenters. The van der Waals surface area contributed by atoms with Crippen LogP contribution in [0.4, 0.5) is 0 Å². The molecular weight excluding hydrogens is 1440 g/mol. The Kier molecular flexibility index (Phi) is 17.0. The van der Waals surface area contributed by atoms with Gasteiger partial charge in [0.05, 0.1) is 22.1 Å². The van der Waals surface area contributed by atoms with Gasteiger partial charge in [-0.05, 0) is 171 Å². The number of para-hydroxylation sites is 2. The normalized spacial score (nSPS) is 11.6. The van der Waals surface area contributed by atoms with Crippen LogP contribution in [0.5, 0.6) is 0 Å². The molecule has 0 atom stereocenters. The number of furan rings is 2. The van der Waals surface area contributed by atoms with Gasteiger partial charge in [0.15, 0.2) is 34.9 Å². The maximum absolute atomic E-state index is 6.68. The first-order valence-corrected chi connectivity index (χ1v) is 39.6. The molecule has 23 rings (SSSR count). The van der Waals surface area contributed by atoms with Gasteiger partial charge in [-0.2, -0.15) is 0 Å². The molecule has 10 nitrogen and oxygen atoms in total. The van der Waals surface area contributed by atoms with Gasteiger partial charge in [0, 0.05) is 87.8 Å². The van der Waals surface area contributed by atoms with E-state index in [9.17, 15) is 0 Å². The third-order valence-electron chi connectivity index (χ3n) is 22.5. The summed E-state index contributed by atoms with van der Waals surface area (Å²) in [7, 11) is 0. The number of benzene rings is 17. The highest BCUT2D eigenvalue weighted by Crippen LogP contribution is 2.45. The summed E-state index contributed by atoms with van der Waals surface area (Å²) in [5, 5.41) is 9.04. The molecule has 0 aliphatic carbocycles. The predicted octanol–water partition coefficient (Wildman–Crippen LogP) is 28.1. The van der Waals surface area contributed by atoms with Crippen LogP contribution in [0.1, 0.15) is 0 Å². The van der Waals surface area contributed by atoms with Gasteiger partial charge < -0.3 is 18.0 Å². The van der Waals surface area contributed by atoms with E-state index < -0.39 is 0 Å². The van der Waals surface area contributed by atoms with E-state index in [1.807, 2.05) is 97.1 Å². The molecule has 0 fully saturated rings. The van der Waals surface area contributed by atoms with Crippen LogP contribution < -0.4 is 0 Å². The monoisotopic (exact) mass is 1510 g/mol. The predicted molar refractivity (Wildman–Crippen MR) is 483 cm³/mol. The summed E-state index contributed by atoms with van der Waals surface area (Å²) in [6.45, 7) is 0. The van der Waals surface area contributed by atoms with E-state index in [1.165, 1.54) is 54.8 Å². The molecule has 118 heavy (non-hydrogen) atoms. The van der Waals surface area contributed by atoms with Crippen LogP contribution in [-0.2, 0) is 0 Å². The lowest BCUT2D eigenvalue weighted by molar-refractivity contribution is 0.668. The summed E-state index contributed by atoms with van der Waals surface area (Å²) >= 11 is 0. The van der Waals surface area contributed by atoms with Crippen molar-refractivity contribution in [3.05, 3.63) is 413 Å². The number of hydrogen-bond acceptors (Lipinski definition) is 8. The molecular formula is C108H68N8O2. The maximum Gasteiger partial charge on any atom is 0.164 e. The second-order valence-corrected chi connectivity index (χ2v) is 29.6. The highest BCUT2D eigenvalue weighted by Gasteiger charge is 2.24. The summed E-state index contributed by atoms with van der Waals surface area (Å²) in [6, 6.07) is 144. The van der Waals surface area contributed by atoms with Crippen LogP contribution in [0.15, 0.2) is 421 Å². The molecule has 23 aromatic rings. The van der Waals surface area contributed by atoms with Gasteiger partial charge in [0.2, 0.25) is 0 Å². The van der Waals surface area contributed by atoms with Crippen LogP contribution in [0.2, 0.25) is 0 Å². The Morgan fingerprint density at radius 1 is 0.161 bits per heavy atom. The molecule has 0 spiro atoms. The minimum Gasteiger partial charge on any atom is -0.456 e. The summed E-state index contributed by atoms with van der Waals surface area (Å²) in [5.41, 5.74) is 27.1. The van der Waals surface area contributed by atoms with Crippen LogP contribution in [0.25, 0.3) is 223 Å². The van der Waals surface area contributed by atoms with Gasteiger partial charge in [-0.3, -0.25) is 0 Å². The molecule has 6 aromatic heterocycles. The van der Waals surface area contributed by atoms with Gasteiger partial charge in [-0.15, -0.1) is 0 Å². The van der Waals surface area contributed by atoms with Gasteiger partial charge in [-0.25, -0.2) is 29.9 Å². The molecule has 6 heterocycles. The first-order chi connectivity index (χ1) is 58.5. The van der Waals surface area contributed by atoms with Crippen molar-refractivity contribution < 1.29 is 8.83 Å². The van der Waals surface area contributed by atoms with Gasteiger partial charge in [-0.1, -0.05) is 297 Å². The van der Waals surface area contributed by atoms with E-state index in [1.54, 1.807) is 0 Å². The van der Waals surface area contributed by atoms with Crippen molar-refractivity contribution in [2.45, 2.75) is 0 Å². The molecule has 0 bridgehead atoms. The van der Waals surface area contributed by atoms with Crippen LogP contribution in [-0.4, -0.2) is 39.0 Å². The summed E-state index contributed by atoms with van der Waals surface area (Å²) in [4.78, 5) is 29.9. The highest BCUT2D eigenvalue weighted by molar-refractivity contribution is 6.18. The van der Waals surface area contributed by atoms with Gasteiger partial charge in [0.25, 0.3) is 0 Å². The van der Waals surface area contributed by atoms with E-state index in [4.69, 9.17) is 38.7 Å². The Morgan fingerprint density at radius 2 is 0.415 bits per heavy atom. The minimum atomic E-state index is 0.580. The number of aromatic nitrogens is 8. The van der Waals surface area contributed by atoms with Crippen LogP contribution in [0.3, 0.4) is 0 Å². The summed E-state index contributed by atoms with van der Waals surface area (Å²) < 4.78 is 18.0. The molecule has 0 radical (unpaired) electrons. The second-order valence-electron chi connectivity index (χ2n) is 29.6. The number of nitrogens with zero attached hydrogens (tertiary/aromatic N) is 8. The molecule has 552 valence electrons. The Labute approximate surface area is 678 Å². The van der Waals surface area contributed by atoms with Crippen molar-refractivity contribution in [1.82, 2.24) is 39.0 Å².